The molecule has 0 heterocycles. The molecule has 2 atom stereocenters. The molecule has 1 aromatic carbocycles. The van der Waals surface area contributed by atoms with Crippen LogP contribution in [-0.4, -0.2) is 16.7 Å². The second kappa shape index (κ2) is 4.98. The molecule has 2 N–H and O–H groups in total. The zero-order chi connectivity index (χ0) is 12.3. The molecule has 0 bridgehead atoms. The molecule has 0 radical (unpaired) electrons. The first-order valence-electron chi connectivity index (χ1n) is 5.82. The Labute approximate surface area is 98.7 Å². The molecule has 0 spiro atoms. The van der Waals surface area contributed by atoms with E-state index in [4.69, 9.17) is 0 Å². The van der Waals surface area contributed by atoms with Gasteiger partial charge in [-0.05, 0) is 40.2 Å². The summed E-state index contributed by atoms with van der Waals surface area (Å²) in [5, 5.41) is 13.6. The summed E-state index contributed by atoms with van der Waals surface area (Å²) >= 11 is 0. The lowest BCUT2D eigenvalue weighted by atomic mass is 9.99. The van der Waals surface area contributed by atoms with E-state index in [1.165, 1.54) is 5.56 Å². The fourth-order valence-electron chi connectivity index (χ4n) is 1.81. The molecule has 0 aromatic heterocycles. The van der Waals surface area contributed by atoms with Crippen molar-refractivity contribution in [1.82, 2.24) is 5.32 Å². The van der Waals surface area contributed by atoms with Crippen molar-refractivity contribution in [2.45, 2.75) is 52.3 Å². The Morgan fingerprint density at radius 2 is 1.62 bits per heavy atom. The maximum Gasteiger partial charge on any atom is 0.0940 e. The van der Waals surface area contributed by atoms with E-state index in [2.05, 4.69) is 26.1 Å². The number of aryl methyl sites for hydroxylation is 1. The lowest BCUT2D eigenvalue weighted by molar-refractivity contribution is 0.121. The first kappa shape index (κ1) is 13.2. The van der Waals surface area contributed by atoms with E-state index >= 15 is 0 Å². The van der Waals surface area contributed by atoms with Crippen molar-refractivity contribution in [2.75, 3.05) is 0 Å². The highest BCUT2D eigenvalue weighted by atomic mass is 16.3. The summed E-state index contributed by atoms with van der Waals surface area (Å²) < 4.78 is 0. The maximum atomic E-state index is 10.2. The molecule has 1 aromatic rings. The van der Waals surface area contributed by atoms with Crippen LogP contribution in [0.1, 0.15) is 44.9 Å². The van der Waals surface area contributed by atoms with Crippen LogP contribution >= 0.6 is 0 Å². The number of benzene rings is 1. The standard InChI is InChI=1S/C14H23NO/c1-10-6-8-12(9-7-10)13(16)11(2)15-14(3,4)5/h6-9,11,13,15-16H,1-5H3/t11-,13+/m1/s1. The third-order valence-corrected chi connectivity index (χ3v) is 2.55. The Morgan fingerprint density at radius 1 is 1.12 bits per heavy atom. The minimum atomic E-state index is -0.458. The van der Waals surface area contributed by atoms with E-state index in [9.17, 15) is 5.11 Å². The summed E-state index contributed by atoms with van der Waals surface area (Å²) in [7, 11) is 0. The van der Waals surface area contributed by atoms with Gasteiger partial charge in [-0.1, -0.05) is 29.8 Å². The van der Waals surface area contributed by atoms with Gasteiger partial charge >= 0.3 is 0 Å². The number of nitrogens with one attached hydrogen (secondary N) is 1. The first-order chi connectivity index (χ1) is 7.29. The highest BCUT2D eigenvalue weighted by molar-refractivity contribution is 5.24. The smallest absolute Gasteiger partial charge is 0.0940 e. The topological polar surface area (TPSA) is 32.3 Å². The Bertz CT molecular complexity index is 324. The van der Waals surface area contributed by atoms with Gasteiger partial charge in [0.05, 0.1) is 6.10 Å². The molecule has 0 unspecified atom stereocenters. The molecule has 0 saturated heterocycles. The van der Waals surface area contributed by atoms with Gasteiger partial charge in [0.15, 0.2) is 0 Å². The number of rotatable bonds is 3. The van der Waals surface area contributed by atoms with Crippen LogP contribution in [-0.2, 0) is 0 Å². The number of hydrogen-bond donors (Lipinski definition) is 2. The lowest BCUT2D eigenvalue weighted by Crippen LogP contribution is -2.44. The van der Waals surface area contributed by atoms with Gasteiger partial charge in [0.25, 0.3) is 0 Å². The van der Waals surface area contributed by atoms with Gasteiger partial charge in [0.2, 0.25) is 0 Å². The molecule has 2 nitrogen and oxygen atoms in total. The number of aliphatic hydroxyl groups excluding tert-OH is 1. The molecule has 1 rings (SSSR count). The van der Waals surface area contributed by atoms with Crippen LogP contribution in [0, 0.1) is 6.92 Å². The van der Waals surface area contributed by atoms with Crippen molar-refractivity contribution in [3.05, 3.63) is 35.4 Å². The van der Waals surface area contributed by atoms with Crippen LogP contribution in [0.15, 0.2) is 24.3 Å². The van der Waals surface area contributed by atoms with Gasteiger partial charge in [0.1, 0.15) is 0 Å². The molecule has 16 heavy (non-hydrogen) atoms. The Kier molecular flexibility index (Phi) is 4.11. The largest absolute Gasteiger partial charge is 0.387 e. The predicted octanol–water partition coefficient (Wildman–Crippen LogP) is 2.81. The van der Waals surface area contributed by atoms with E-state index in [1.807, 2.05) is 38.1 Å². The second-order valence-corrected chi connectivity index (χ2v) is 5.54. The van der Waals surface area contributed by atoms with Gasteiger partial charge in [-0.3, -0.25) is 0 Å². The number of aliphatic hydroxyl groups is 1. The van der Waals surface area contributed by atoms with Crippen LogP contribution in [0.25, 0.3) is 0 Å². The monoisotopic (exact) mass is 221 g/mol. The quantitative estimate of drug-likeness (QED) is 0.822. The summed E-state index contributed by atoms with van der Waals surface area (Å²) in [5.41, 5.74) is 2.20. The Balaban J connectivity index is 2.70. The molecule has 0 aliphatic rings. The second-order valence-electron chi connectivity index (χ2n) is 5.54. The molecule has 0 amide bonds. The minimum Gasteiger partial charge on any atom is -0.387 e. The third-order valence-electron chi connectivity index (χ3n) is 2.55. The Morgan fingerprint density at radius 3 is 2.06 bits per heavy atom. The molecule has 0 saturated carbocycles. The zero-order valence-electron chi connectivity index (χ0n) is 10.9. The average Bonchev–Trinajstić information content (AvgIpc) is 2.15. The average molecular weight is 221 g/mol. The normalized spacial score (nSPS) is 15.9. The zero-order valence-corrected chi connectivity index (χ0v) is 10.9. The maximum absolute atomic E-state index is 10.2. The van der Waals surface area contributed by atoms with E-state index in [0.717, 1.165) is 5.56 Å². The summed E-state index contributed by atoms with van der Waals surface area (Å²) in [4.78, 5) is 0. The highest BCUT2D eigenvalue weighted by Crippen LogP contribution is 2.18. The molecular weight excluding hydrogens is 198 g/mol. The van der Waals surface area contributed by atoms with E-state index < -0.39 is 6.10 Å². The molecule has 2 heteroatoms. The van der Waals surface area contributed by atoms with Gasteiger partial charge in [-0.25, -0.2) is 0 Å². The van der Waals surface area contributed by atoms with Crippen LogP contribution in [0.2, 0.25) is 0 Å². The van der Waals surface area contributed by atoms with E-state index in [1.54, 1.807) is 0 Å². The molecule has 0 fully saturated rings. The molecule has 0 aliphatic heterocycles. The van der Waals surface area contributed by atoms with E-state index in [-0.39, 0.29) is 11.6 Å². The number of hydrogen-bond acceptors (Lipinski definition) is 2. The fourth-order valence-corrected chi connectivity index (χ4v) is 1.81. The molecular formula is C14H23NO. The summed E-state index contributed by atoms with van der Waals surface area (Å²) in [6, 6.07) is 8.08. The predicted molar refractivity (Wildman–Crippen MR) is 68.5 cm³/mol. The van der Waals surface area contributed by atoms with Gasteiger partial charge in [0, 0.05) is 11.6 Å². The summed E-state index contributed by atoms with van der Waals surface area (Å²) in [6.45, 7) is 10.4. The summed E-state index contributed by atoms with van der Waals surface area (Å²) in [5.74, 6) is 0. The van der Waals surface area contributed by atoms with Gasteiger partial charge < -0.3 is 10.4 Å². The van der Waals surface area contributed by atoms with Crippen molar-refractivity contribution in [2.24, 2.45) is 0 Å². The van der Waals surface area contributed by atoms with Crippen molar-refractivity contribution in [3.8, 4) is 0 Å². The highest BCUT2D eigenvalue weighted by Gasteiger charge is 2.20. The Hall–Kier alpha value is -0.860. The first-order valence-corrected chi connectivity index (χ1v) is 5.82. The SMILES string of the molecule is Cc1ccc([C@@H](O)[C@@H](C)NC(C)(C)C)cc1. The van der Waals surface area contributed by atoms with Gasteiger partial charge in [-0.15, -0.1) is 0 Å². The van der Waals surface area contributed by atoms with Crippen molar-refractivity contribution < 1.29 is 5.11 Å². The van der Waals surface area contributed by atoms with Crippen LogP contribution in [0.3, 0.4) is 0 Å². The van der Waals surface area contributed by atoms with Crippen molar-refractivity contribution in [1.29, 1.82) is 0 Å². The van der Waals surface area contributed by atoms with Crippen LogP contribution in [0.5, 0.6) is 0 Å². The summed E-state index contributed by atoms with van der Waals surface area (Å²) in [6.07, 6.45) is -0.458. The molecule has 0 aliphatic carbocycles. The van der Waals surface area contributed by atoms with Crippen molar-refractivity contribution >= 4 is 0 Å². The van der Waals surface area contributed by atoms with Crippen LogP contribution in [0.4, 0.5) is 0 Å². The fraction of sp³-hybridized carbons (Fsp3) is 0.571. The lowest BCUT2D eigenvalue weighted by Gasteiger charge is -2.29. The minimum absolute atomic E-state index is 0.0189. The van der Waals surface area contributed by atoms with Crippen molar-refractivity contribution in [3.63, 3.8) is 0 Å². The van der Waals surface area contributed by atoms with E-state index in [0.29, 0.717) is 0 Å². The third kappa shape index (κ3) is 3.95. The molecule has 90 valence electrons. The van der Waals surface area contributed by atoms with Gasteiger partial charge in [-0.2, -0.15) is 0 Å². The van der Waals surface area contributed by atoms with Crippen LogP contribution < -0.4 is 5.32 Å².